The van der Waals surface area contributed by atoms with Crippen LogP contribution in [-0.4, -0.2) is 35.6 Å². The Bertz CT molecular complexity index is 374. The largest absolute Gasteiger partial charge is 0.399 e. The molecule has 0 aliphatic carbocycles. The molecule has 1 aromatic carbocycles. The second kappa shape index (κ2) is 7.71. The first-order valence-corrected chi connectivity index (χ1v) is 6.40. The molecule has 0 saturated carbocycles. The number of benzene rings is 1. The highest BCUT2D eigenvalue weighted by Crippen LogP contribution is 2.09. The van der Waals surface area contributed by atoms with Gasteiger partial charge in [0.15, 0.2) is 0 Å². The minimum atomic E-state index is 0.0179. The Morgan fingerprint density at radius 1 is 1.39 bits per heavy atom. The lowest BCUT2D eigenvalue weighted by Gasteiger charge is -2.21. The summed E-state index contributed by atoms with van der Waals surface area (Å²) in [7, 11) is 0. The van der Waals surface area contributed by atoms with Crippen LogP contribution >= 0.6 is 0 Å². The van der Waals surface area contributed by atoms with E-state index in [0.717, 1.165) is 17.7 Å². The van der Waals surface area contributed by atoms with Crippen LogP contribution in [0.5, 0.6) is 0 Å². The number of anilines is 1. The van der Waals surface area contributed by atoms with Crippen LogP contribution in [0.15, 0.2) is 24.3 Å². The van der Waals surface area contributed by atoms with Crippen LogP contribution in [0.2, 0.25) is 0 Å². The van der Waals surface area contributed by atoms with Crippen LogP contribution in [-0.2, 0) is 11.2 Å². The zero-order valence-electron chi connectivity index (χ0n) is 10.9. The van der Waals surface area contributed by atoms with Crippen LogP contribution in [0.4, 0.5) is 5.69 Å². The highest BCUT2D eigenvalue weighted by atomic mass is 16.3. The summed E-state index contributed by atoms with van der Waals surface area (Å²) >= 11 is 0. The number of nitrogens with two attached hydrogens (primary N) is 1. The first-order valence-electron chi connectivity index (χ1n) is 6.40. The molecule has 0 heterocycles. The van der Waals surface area contributed by atoms with Crippen LogP contribution in [0.3, 0.4) is 0 Å². The van der Waals surface area contributed by atoms with E-state index in [4.69, 9.17) is 10.8 Å². The first-order chi connectivity index (χ1) is 8.67. The Hall–Kier alpha value is -1.55. The van der Waals surface area contributed by atoms with Gasteiger partial charge in [0.25, 0.3) is 0 Å². The van der Waals surface area contributed by atoms with Gasteiger partial charge in [0.05, 0.1) is 6.61 Å². The lowest BCUT2D eigenvalue weighted by Crippen LogP contribution is -2.34. The van der Waals surface area contributed by atoms with Gasteiger partial charge in [0.1, 0.15) is 0 Å². The van der Waals surface area contributed by atoms with Gasteiger partial charge in [-0.25, -0.2) is 0 Å². The predicted octanol–water partition coefficient (Wildman–Crippen LogP) is 1.43. The number of amides is 1. The number of aryl methyl sites for hydroxylation is 1. The smallest absolute Gasteiger partial charge is 0.222 e. The highest BCUT2D eigenvalue weighted by molar-refractivity contribution is 5.76. The van der Waals surface area contributed by atoms with Gasteiger partial charge in [-0.3, -0.25) is 4.79 Å². The van der Waals surface area contributed by atoms with E-state index in [1.807, 2.05) is 31.2 Å². The summed E-state index contributed by atoms with van der Waals surface area (Å²) in [6.07, 6.45) is 2.06. The average Bonchev–Trinajstić information content (AvgIpc) is 2.36. The molecule has 0 bridgehead atoms. The van der Waals surface area contributed by atoms with E-state index in [0.29, 0.717) is 25.9 Å². The van der Waals surface area contributed by atoms with Gasteiger partial charge < -0.3 is 15.7 Å². The third kappa shape index (κ3) is 4.75. The molecule has 1 rings (SSSR count). The van der Waals surface area contributed by atoms with Crippen LogP contribution in [0.25, 0.3) is 0 Å². The predicted molar refractivity (Wildman–Crippen MR) is 73.1 cm³/mol. The quantitative estimate of drug-likeness (QED) is 0.719. The zero-order valence-corrected chi connectivity index (χ0v) is 10.9. The molecule has 18 heavy (non-hydrogen) atoms. The molecule has 0 aliphatic rings. The monoisotopic (exact) mass is 250 g/mol. The van der Waals surface area contributed by atoms with Crippen molar-refractivity contribution in [3.8, 4) is 0 Å². The van der Waals surface area contributed by atoms with Crippen molar-refractivity contribution in [2.45, 2.75) is 26.2 Å². The molecular formula is C14H22N2O2. The van der Waals surface area contributed by atoms with Crippen LogP contribution in [0, 0.1) is 0 Å². The number of nitrogen functional groups attached to an aromatic ring is 1. The van der Waals surface area contributed by atoms with Crippen molar-refractivity contribution < 1.29 is 9.90 Å². The molecular weight excluding hydrogens is 228 g/mol. The number of rotatable bonds is 7. The number of hydrogen-bond acceptors (Lipinski definition) is 3. The fourth-order valence-corrected chi connectivity index (χ4v) is 1.91. The molecule has 0 saturated heterocycles. The van der Waals surface area contributed by atoms with E-state index < -0.39 is 0 Å². The van der Waals surface area contributed by atoms with Crippen LogP contribution in [0.1, 0.15) is 25.3 Å². The van der Waals surface area contributed by atoms with E-state index in [-0.39, 0.29) is 12.5 Å². The molecule has 100 valence electrons. The zero-order chi connectivity index (χ0) is 13.4. The van der Waals surface area contributed by atoms with E-state index in [1.165, 1.54) is 0 Å². The topological polar surface area (TPSA) is 66.6 Å². The Morgan fingerprint density at radius 3 is 2.78 bits per heavy atom. The average molecular weight is 250 g/mol. The number of carbonyl (C=O) groups is 1. The Labute approximate surface area is 108 Å². The molecule has 0 aliphatic heterocycles. The molecule has 0 aromatic heterocycles. The third-order valence-corrected chi connectivity index (χ3v) is 2.79. The number of aliphatic hydroxyl groups is 1. The minimum Gasteiger partial charge on any atom is -0.399 e. The van der Waals surface area contributed by atoms with Gasteiger partial charge in [-0.05, 0) is 30.5 Å². The molecule has 1 amide bonds. The number of aliphatic hydroxyl groups excluding tert-OH is 1. The van der Waals surface area contributed by atoms with Gasteiger partial charge in [-0.2, -0.15) is 0 Å². The Balaban J connectivity index is 2.48. The van der Waals surface area contributed by atoms with Crippen LogP contribution < -0.4 is 5.73 Å². The molecule has 4 nitrogen and oxygen atoms in total. The lowest BCUT2D eigenvalue weighted by atomic mass is 10.1. The Morgan fingerprint density at radius 2 is 2.17 bits per heavy atom. The minimum absolute atomic E-state index is 0.0179. The maximum absolute atomic E-state index is 12.0. The standard InChI is InChI=1S/C14H22N2O2/c1-2-8-16(9-10-17)14(18)7-6-12-4-3-5-13(15)11-12/h3-5,11,17H,2,6-10,15H2,1H3. The van der Waals surface area contributed by atoms with Gasteiger partial charge in [-0.1, -0.05) is 19.1 Å². The molecule has 3 N–H and O–H groups in total. The molecule has 0 spiro atoms. The summed E-state index contributed by atoms with van der Waals surface area (Å²) in [5, 5.41) is 8.92. The SMILES string of the molecule is CCCN(CCO)C(=O)CCc1cccc(N)c1. The van der Waals surface area contributed by atoms with E-state index in [2.05, 4.69) is 0 Å². The highest BCUT2D eigenvalue weighted by Gasteiger charge is 2.11. The molecule has 0 unspecified atom stereocenters. The van der Waals surface area contributed by atoms with Crippen molar-refractivity contribution in [1.29, 1.82) is 0 Å². The summed E-state index contributed by atoms with van der Waals surface area (Å²) < 4.78 is 0. The van der Waals surface area contributed by atoms with Crippen molar-refractivity contribution in [3.05, 3.63) is 29.8 Å². The Kier molecular flexibility index (Phi) is 6.22. The van der Waals surface area contributed by atoms with Crippen molar-refractivity contribution >= 4 is 11.6 Å². The van der Waals surface area contributed by atoms with E-state index >= 15 is 0 Å². The van der Waals surface area contributed by atoms with Crippen molar-refractivity contribution in [3.63, 3.8) is 0 Å². The number of carbonyl (C=O) groups excluding carboxylic acids is 1. The van der Waals surface area contributed by atoms with E-state index in [9.17, 15) is 4.79 Å². The molecule has 0 radical (unpaired) electrons. The van der Waals surface area contributed by atoms with Gasteiger partial charge in [0.2, 0.25) is 5.91 Å². The van der Waals surface area contributed by atoms with Crippen molar-refractivity contribution in [2.75, 3.05) is 25.4 Å². The van der Waals surface area contributed by atoms with Crippen molar-refractivity contribution in [1.82, 2.24) is 4.90 Å². The molecule has 0 atom stereocenters. The third-order valence-electron chi connectivity index (χ3n) is 2.79. The van der Waals surface area contributed by atoms with Gasteiger partial charge in [0, 0.05) is 25.2 Å². The fraction of sp³-hybridized carbons (Fsp3) is 0.500. The number of hydrogen-bond donors (Lipinski definition) is 2. The fourth-order valence-electron chi connectivity index (χ4n) is 1.91. The summed E-state index contributed by atoms with van der Waals surface area (Å²) in [5.74, 6) is 0.0910. The summed E-state index contributed by atoms with van der Waals surface area (Å²) in [5.41, 5.74) is 7.49. The molecule has 1 aromatic rings. The van der Waals surface area contributed by atoms with Crippen molar-refractivity contribution in [2.24, 2.45) is 0 Å². The maximum atomic E-state index is 12.0. The second-order valence-electron chi connectivity index (χ2n) is 4.35. The number of nitrogens with zero attached hydrogens (tertiary/aromatic N) is 1. The maximum Gasteiger partial charge on any atom is 0.222 e. The van der Waals surface area contributed by atoms with E-state index in [1.54, 1.807) is 4.90 Å². The van der Waals surface area contributed by atoms with Gasteiger partial charge >= 0.3 is 0 Å². The first kappa shape index (κ1) is 14.5. The van der Waals surface area contributed by atoms with Gasteiger partial charge in [-0.15, -0.1) is 0 Å². The second-order valence-corrected chi connectivity index (χ2v) is 4.35. The lowest BCUT2D eigenvalue weighted by molar-refractivity contribution is -0.131. The molecule has 4 heteroatoms. The molecule has 0 fully saturated rings. The summed E-state index contributed by atoms with van der Waals surface area (Å²) in [4.78, 5) is 13.7. The summed E-state index contributed by atoms with van der Waals surface area (Å²) in [6, 6.07) is 7.59. The summed E-state index contributed by atoms with van der Waals surface area (Å²) in [6.45, 7) is 3.17. The normalized spacial score (nSPS) is 10.3.